The number of fused-ring (bicyclic) bond motifs is 1. The summed E-state index contributed by atoms with van der Waals surface area (Å²) in [7, 11) is 0. The predicted molar refractivity (Wildman–Crippen MR) is 80.0 cm³/mol. The summed E-state index contributed by atoms with van der Waals surface area (Å²) in [5.41, 5.74) is 2.33. The molecule has 0 aliphatic rings. The van der Waals surface area contributed by atoms with Crippen LogP contribution in [0.3, 0.4) is 0 Å². The second-order valence-corrected chi connectivity index (χ2v) is 5.49. The summed E-state index contributed by atoms with van der Waals surface area (Å²) in [4.78, 5) is 12.1. The van der Waals surface area contributed by atoms with E-state index in [1.54, 1.807) is 24.3 Å². The van der Waals surface area contributed by atoms with Crippen LogP contribution < -0.4 is 5.32 Å². The van der Waals surface area contributed by atoms with Crippen LogP contribution in [-0.4, -0.2) is 15.5 Å². The lowest BCUT2D eigenvalue weighted by molar-refractivity contribution is 0.0951. The number of carbonyl (C=O) groups is 1. The van der Waals surface area contributed by atoms with Gasteiger partial charge in [0.15, 0.2) is 0 Å². The molecule has 3 rings (SSSR count). The zero-order valence-electron chi connectivity index (χ0n) is 10.3. The van der Waals surface area contributed by atoms with E-state index in [0.29, 0.717) is 17.1 Å². The highest BCUT2D eigenvalue weighted by Gasteiger charge is 2.07. The van der Waals surface area contributed by atoms with Gasteiger partial charge in [0.25, 0.3) is 5.91 Å². The van der Waals surface area contributed by atoms with Crippen molar-refractivity contribution in [2.24, 2.45) is 0 Å². The van der Waals surface area contributed by atoms with Crippen LogP contribution >= 0.6 is 23.1 Å². The van der Waals surface area contributed by atoms with E-state index in [1.807, 2.05) is 18.2 Å². The standard InChI is InChI=1S/C14H10ClN3OS/c15-11-4-1-9(2-5-11)8-16-14(19)10-3-6-13-12(7-10)17-18-20-13/h1-7H,8H2,(H,16,19). The van der Waals surface area contributed by atoms with Crippen LogP contribution in [0.15, 0.2) is 42.5 Å². The van der Waals surface area contributed by atoms with Crippen molar-refractivity contribution in [2.45, 2.75) is 6.54 Å². The predicted octanol–water partition coefficient (Wildman–Crippen LogP) is 3.27. The van der Waals surface area contributed by atoms with E-state index in [0.717, 1.165) is 15.8 Å². The highest BCUT2D eigenvalue weighted by atomic mass is 35.5. The largest absolute Gasteiger partial charge is 0.348 e. The van der Waals surface area contributed by atoms with E-state index in [-0.39, 0.29) is 5.91 Å². The molecule has 3 aromatic rings. The Bertz CT molecular complexity index is 754. The van der Waals surface area contributed by atoms with Crippen LogP contribution in [0.5, 0.6) is 0 Å². The van der Waals surface area contributed by atoms with E-state index in [1.165, 1.54) is 11.5 Å². The quantitative estimate of drug-likeness (QED) is 0.808. The number of hydrogen-bond donors (Lipinski definition) is 1. The zero-order valence-corrected chi connectivity index (χ0v) is 11.9. The molecule has 2 aromatic carbocycles. The van der Waals surface area contributed by atoms with Crippen molar-refractivity contribution in [1.29, 1.82) is 0 Å². The zero-order chi connectivity index (χ0) is 13.9. The first-order valence-electron chi connectivity index (χ1n) is 5.97. The molecule has 4 nitrogen and oxygen atoms in total. The molecule has 0 spiro atoms. The van der Waals surface area contributed by atoms with Crippen LogP contribution in [0.1, 0.15) is 15.9 Å². The van der Waals surface area contributed by atoms with Gasteiger partial charge in [0, 0.05) is 17.1 Å². The normalized spacial score (nSPS) is 10.7. The van der Waals surface area contributed by atoms with Crippen LogP contribution in [-0.2, 0) is 6.54 Å². The second kappa shape index (κ2) is 5.56. The van der Waals surface area contributed by atoms with Gasteiger partial charge in [-0.2, -0.15) is 0 Å². The summed E-state index contributed by atoms with van der Waals surface area (Å²) in [5, 5.41) is 7.51. The third-order valence-electron chi connectivity index (χ3n) is 2.88. The maximum Gasteiger partial charge on any atom is 0.251 e. The van der Waals surface area contributed by atoms with E-state index in [9.17, 15) is 4.79 Å². The molecule has 0 saturated heterocycles. The first-order chi connectivity index (χ1) is 9.72. The van der Waals surface area contributed by atoms with Crippen molar-refractivity contribution in [1.82, 2.24) is 14.9 Å². The Kier molecular flexibility index (Phi) is 3.62. The van der Waals surface area contributed by atoms with E-state index in [4.69, 9.17) is 11.6 Å². The lowest BCUT2D eigenvalue weighted by atomic mass is 10.2. The maximum absolute atomic E-state index is 12.1. The molecule has 6 heteroatoms. The van der Waals surface area contributed by atoms with Gasteiger partial charge < -0.3 is 5.32 Å². The SMILES string of the molecule is O=C(NCc1ccc(Cl)cc1)c1ccc2snnc2c1. The fourth-order valence-electron chi connectivity index (χ4n) is 1.81. The van der Waals surface area contributed by atoms with Crippen molar-refractivity contribution in [3.63, 3.8) is 0 Å². The summed E-state index contributed by atoms with van der Waals surface area (Å²) in [6, 6.07) is 12.8. The highest BCUT2D eigenvalue weighted by molar-refractivity contribution is 7.12. The Labute approximate surface area is 124 Å². The molecule has 0 saturated carbocycles. The summed E-state index contributed by atoms with van der Waals surface area (Å²) in [6.45, 7) is 0.462. The first kappa shape index (κ1) is 13.0. The maximum atomic E-state index is 12.1. The number of amides is 1. The van der Waals surface area contributed by atoms with Gasteiger partial charge in [0.05, 0.1) is 4.70 Å². The molecular formula is C14H10ClN3OS. The third-order valence-corrected chi connectivity index (χ3v) is 3.83. The fourth-order valence-corrected chi connectivity index (χ4v) is 2.47. The molecule has 0 fully saturated rings. The van der Waals surface area contributed by atoms with E-state index in [2.05, 4.69) is 14.9 Å². The molecule has 0 atom stereocenters. The Morgan fingerprint density at radius 1 is 1.20 bits per heavy atom. The number of rotatable bonds is 3. The van der Waals surface area contributed by atoms with Crippen molar-refractivity contribution >= 4 is 39.3 Å². The molecule has 0 radical (unpaired) electrons. The number of benzene rings is 2. The second-order valence-electron chi connectivity index (χ2n) is 4.26. The first-order valence-corrected chi connectivity index (χ1v) is 7.12. The summed E-state index contributed by atoms with van der Waals surface area (Å²) in [5.74, 6) is -0.130. The lowest BCUT2D eigenvalue weighted by Gasteiger charge is -2.05. The van der Waals surface area contributed by atoms with Gasteiger partial charge >= 0.3 is 0 Å². The van der Waals surface area contributed by atoms with Gasteiger partial charge in [-0.25, -0.2) is 0 Å². The summed E-state index contributed by atoms with van der Waals surface area (Å²) >= 11 is 7.13. The van der Waals surface area contributed by atoms with E-state index >= 15 is 0 Å². The summed E-state index contributed by atoms with van der Waals surface area (Å²) < 4.78 is 4.82. The van der Waals surface area contributed by atoms with Crippen LogP contribution in [0, 0.1) is 0 Å². The van der Waals surface area contributed by atoms with Gasteiger partial charge in [-0.05, 0) is 47.4 Å². The topological polar surface area (TPSA) is 54.9 Å². The monoisotopic (exact) mass is 303 g/mol. The number of halogens is 1. The molecule has 0 unspecified atom stereocenters. The number of hydrogen-bond acceptors (Lipinski definition) is 4. The lowest BCUT2D eigenvalue weighted by Crippen LogP contribution is -2.22. The third kappa shape index (κ3) is 2.79. The van der Waals surface area contributed by atoms with Crippen LogP contribution in [0.4, 0.5) is 0 Å². The Morgan fingerprint density at radius 2 is 2.00 bits per heavy atom. The smallest absolute Gasteiger partial charge is 0.251 e. The number of aromatic nitrogens is 2. The minimum atomic E-state index is -0.130. The average molecular weight is 304 g/mol. The highest BCUT2D eigenvalue weighted by Crippen LogP contribution is 2.16. The van der Waals surface area contributed by atoms with Gasteiger partial charge in [0.2, 0.25) is 0 Å². The molecule has 1 amide bonds. The molecule has 20 heavy (non-hydrogen) atoms. The minimum absolute atomic E-state index is 0.130. The number of carbonyl (C=O) groups excluding carboxylic acids is 1. The molecule has 1 aromatic heterocycles. The fraction of sp³-hybridized carbons (Fsp3) is 0.0714. The van der Waals surface area contributed by atoms with Gasteiger partial charge in [-0.3, -0.25) is 4.79 Å². The molecule has 1 heterocycles. The molecule has 100 valence electrons. The van der Waals surface area contributed by atoms with Crippen LogP contribution in [0.2, 0.25) is 5.02 Å². The van der Waals surface area contributed by atoms with Crippen molar-refractivity contribution in [2.75, 3.05) is 0 Å². The van der Waals surface area contributed by atoms with Crippen molar-refractivity contribution in [3.8, 4) is 0 Å². The summed E-state index contributed by atoms with van der Waals surface area (Å²) in [6.07, 6.45) is 0. The molecule has 0 bridgehead atoms. The van der Waals surface area contributed by atoms with Gasteiger partial charge in [0.1, 0.15) is 5.52 Å². The molecule has 0 aliphatic carbocycles. The number of nitrogens with one attached hydrogen (secondary N) is 1. The molecular weight excluding hydrogens is 294 g/mol. The van der Waals surface area contributed by atoms with Crippen molar-refractivity contribution in [3.05, 3.63) is 58.6 Å². The van der Waals surface area contributed by atoms with E-state index < -0.39 is 0 Å². The van der Waals surface area contributed by atoms with Crippen molar-refractivity contribution < 1.29 is 4.79 Å². The Hall–Kier alpha value is -1.98. The Morgan fingerprint density at radius 3 is 2.80 bits per heavy atom. The Balaban J connectivity index is 1.70. The molecule has 1 N–H and O–H groups in total. The molecule has 0 aliphatic heterocycles. The number of nitrogens with zero attached hydrogens (tertiary/aromatic N) is 2. The van der Waals surface area contributed by atoms with Gasteiger partial charge in [-0.1, -0.05) is 28.2 Å². The van der Waals surface area contributed by atoms with Crippen LogP contribution in [0.25, 0.3) is 10.2 Å². The minimum Gasteiger partial charge on any atom is -0.348 e. The average Bonchev–Trinajstić information content (AvgIpc) is 2.93. The van der Waals surface area contributed by atoms with Gasteiger partial charge in [-0.15, -0.1) is 5.10 Å².